The first-order valence-electron chi connectivity index (χ1n) is 10.8. The average molecular weight is 437 g/mol. The number of nitrogens with one attached hydrogen (secondary N) is 2. The van der Waals surface area contributed by atoms with E-state index in [2.05, 4.69) is 33.6 Å². The van der Waals surface area contributed by atoms with Crippen LogP contribution in [-0.2, 0) is 24.3 Å². The number of aromatic nitrogens is 3. The van der Waals surface area contributed by atoms with Crippen molar-refractivity contribution in [2.45, 2.75) is 38.4 Å². The number of rotatable bonds is 8. The Hall–Kier alpha value is -3.46. The van der Waals surface area contributed by atoms with Crippen molar-refractivity contribution < 1.29 is 14.7 Å². The fourth-order valence-electron chi connectivity index (χ4n) is 4.34. The number of nitrogens with zero attached hydrogens (tertiary/aromatic N) is 4. The SMILES string of the molecule is CN(Cc1nc2ccccc2n1CC(=O)NCCNC(=O)O)C1CCCc2cccnc21. The number of pyridine rings is 1. The molecule has 2 amide bonds. The van der Waals surface area contributed by atoms with Crippen molar-refractivity contribution in [3.05, 3.63) is 59.7 Å². The molecule has 0 bridgehead atoms. The number of carbonyl (C=O) groups is 2. The van der Waals surface area contributed by atoms with E-state index < -0.39 is 6.09 Å². The zero-order valence-corrected chi connectivity index (χ0v) is 18.1. The minimum Gasteiger partial charge on any atom is -0.465 e. The molecule has 9 heteroatoms. The van der Waals surface area contributed by atoms with Crippen LogP contribution in [-0.4, -0.2) is 56.7 Å². The molecule has 1 atom stereocenters. The van der Waals surface area contributed by atoms with Crippen LogP contribution in [0.1, 0.15) is 36.0 Å². The fraction of sp³-hybridized carbons (Fsp3) is 0.391. The molecule has 4 rings (SSSR count). The molecule has 3 N–H and O–H groups in total. The molecule has 2 aromatic heterocycles. The summed E-state index contributed by atoms with van der Waals surface area (Å²) in [6.45, 7) is 1.10. The van der Waals surface area contributed by atoms with Crippen molar-refractivity contribution in [3.63, 3.8) is 0 Å². The number of amides is 2. The van der Waals surface area contributed by atoms with Crippen LogP contribution in [0.5, 0.6) is 0 Å². The normalized spacial score (nSPS) is 15.5. The largest absolute Gasteiger partial charge is 0.465 e. The second-order valence-electron chi connectivity index (χ2n) is 8.06. The summed E-state index contributed by atoms with van der Waals surface area (Å²) in [4.78, 5) is 34.8. The molecule has 1 aromatic carbocycles. The number of hydrogen-bond donors (Lipinski definition) is 3. The minimum absolute atomic E-state index is 0.121. The zero-order valence-electron chi connectivity index (χ0n) is 18.1. The summed E-state index contributed by atoms with van der Waals surface area (Å²) >= 11 is 0. The van der Waals surface area contributed by atoms with Gasteiger partial charge in [-0.1, -0.05) is 18.2 Å². The molecule has 1 aliphatic rings. The predicted molar refractivity (Wildman–Crippen MR) is 120 cm³/mol. The highest BCUT2D eigenvalue weighted by Gasteiger charge is 2.26. The maximum atomic E-state index is 12.5. The molecule has 9 nitrogen and oxygen atoms in total. The lowest BCUT2D eigenvalue weighted by atomic mass is 9.91. The monoisotopic (exact) mass is 436 g/mol. The van der Waals surface area contributed by atoms with Gasteiger partial charge in [0.05, 0.1) is 29.3 Å². The molecule has 0 radical (unpaired) electrons. The lowest BCUT2D eigenvalue weighted by molar-refractivity contribution is -0.121. The Morgan fingerprint density at radius 1 is 1.19 bits per heavy atom. The number of aryl methyl sites for hydroxylation is 1. The van der Waals surface area contributed by atoms with Gasteiger partial charge in [-0.2, -0.15) is 0 Å². The third-order valence-electron chi connectivity index (χ3n) is 5.85. The van der Waals surface area contributed by atoms with E-state index in [0.717, 1.165) is 41.8 Å². The molecule has 32 heavy (non-hydrogen) atoms. The maximum absolute atomic E-state index is 12.5. The van der Waals surface area contributed by atoms with E-state index in [1.807, 2.05) is 41.1 Å². The molecule has 1 unspecified atom stereocenters. The highest BCUT2D eigenvalue weighted by Crippen LogP contribution is 2.32. The van der Waals surface area contributed by atoms with E-state index in [0.29, 0.717) is 6.54 Å². The van der Waals surface area contributed by atoms with Gasteiger partial charge in [0.15, 0.2) is 0 Å². The van der Waals surface area contributed by atoms with Crippen LogP contribution in [0.3, 0.4) is 0 Å². The van der Waals surface area contributed by atoms with Gasteiger partial charge in [0.1, 0.15) is 12.4 Å². The smallest absolute Gasteiger partial charge is 0.404 e. The van der Waals surface area contributed by atoms with Crippen LogP contribution in [0.2, 0.25) is 0 Å². The third-order valence-corrected chi connectivity index (χ3v) is 5.85. The van der Waals surface area contributed by atoms with Gasteiger partial charge in [-0.25, -0.2) is 9.78 Å². The lowest BCUT2D eigenvalue weighted by Crippen LogP contribution is -2.36. The minimum atomic E-state index is -1.11. The number of fused-ring (bicyclic) bond motifs is 2. The number of carbonyl (C=O) groups excluding carboxylic acids is 1. The molecular formula is C23H28N6O3. The molecular weight excluding hydrogens is 408 g/mol. The number of hydrogen-bond acceptors (Lipinski definition) is 5. The highest BCUT2D eigenvalue weighted by molar-refractivity contribution is 5.81. The molecule has 0 fully saturated rings. The van der Waals surface area contributed by atoms with Gasteiger partial charge in [0.25, 0.3) is 0 Å². The van der Waals surface area contributed by atoms with Crippen LogP contribution < -0.4 is 10.6 Å². The fourth-order valence-corrected chi connectivity index (χ4v) is 4.34. The molecule has 3 aromatic rings. The van der Waals surface area contributed by atoms with Gasteiger partial charge in [0, 0.05) is 19.3 Å². The Morgan fingerprint density at radius 3 is 2.84 bits per heavy atom. The van der Waals surface area contributed by atoms with Gasteiger partial charge in [-0.15, -0.1) is 0 Å². The van der Waals surface area contributed by atoms with Crippen LogP contribution in [0.4, 0.5) is 4.79 Å². The van der Waals surface area contributed by atoms with Crippen molar-refractivity contribution in [1.29, 1.82) is 0 Å². The number of para-hydroxylation sites is 2. The summed E-state index contributed by atoms with van der Waals surface area (Å²) in [6.07, 6.45) is 3.96. The van der Waals surface area contributed by atoms with Crippen LogP contribution in [0.15, 0.2) is 42.6 Å². The summed E-state index contributed by atoms with van der Waals surface area (Å²) in [5.74, 6) is 0.629. The third kappa shape index (κ3) is 4.88. The van der Waals surface area contributed by atoms with E-state index in [9.17, 15) is 9.59 Å². The van der Waals surface area contributed by atoms with Crippen molar-refractivity contribution >= 4 is 23.0 Å². The molecule has 0 saturated carbocycles. The van der Waals surface area contributed by atoms with E-state index in [4.69, 9.17) is 10.1 Å². The Kier molecular flexibility index (Phi) is 6.65. The van der Waals surface area contributed by atoms with Crippen LogP contribution >= 0.6 is 0 Å². The Bertz CT molecular complexity index is 1110. The van der Waals surface area contributed by atoms with Crippen molar-refractivity contribution in [2.24, 2.45) is 0 Å². The first-order valence-corrected chi connectivity index (χ1v) is 10.8. The highest BCUT2D eigenvalue weighted by atomic mass is 16.4. The summed E-state index contributed by atoms with van der Waals surface area (Å²) in [7, 11) is 2.08. The zero-order chi connectivity index (χ0) is 22.5. The maximum Gasteiger partial charge on any atom is 0.404 e. The number of carboxylic acid groups (broad SMARTS) is 1. The number of imidazole rings is 1. The van der Waals surface area contributed by atoms with Gasteiger partial charge in [-0.05, 0) is 50.1 Å². The lowest BCUT2D eigenvalue weighted by Gasteiger charge is -2.32. The van der Waals surface area contributed by atoms with Gasteiger partial charge < -0.3 is 20.3 Å². The topological polar surface area (TPSA) is 112 Å². The number of benzene rings is 1. The van der Waals surface area contributed by atoms with E-state index in [-0.39, 0.29) is 31.6 Å². The summed E-state index contributed by atoms with van der Waals surface area (Å²) in [5, 5.41) is 13.7. The van der Waals surface area contributed by atoms with Crippen LogP contribution in [0, 0.1) is 0 Å². The van der Waals surface area contributed by atoms with E-state index in [1.54, 1.807) is 0 Å². The Balaban J connectivity index is 1.51. The van der Waals surface area contributed by atoms with Crippen LogP contribution in [0.25, 0.3) is 11.0 Å². The first-order chi connectivity index (χ1) is 15.5. The van der Waals surface area contributed by atoms with Gasteiger partial charge in [-0.3, -0.25) is 14.7 Å². The summed E-state index contributed by atoms with van der Waals surface area (Å²) in [5.41, 5.74) is 4.18. The van der Waals surface area contributed by atoms with Crippen molar-refractivity contribution in [3.8, 4) is 0 Å². The van der Waals surface area contributed by atoms with E-state index in [1.165, 1.54) is 5.56 Å². The standard InChI is InChI=1S/C23H28N6O3/c1-28(19-10-4-6-16-7-5-11-25-22(16)19)14-20-27-17-8-2-3-9-18(17)29(20)15-21(30)24-12-13-26-23(31)32/h2-3,5,7-9,11,19,26H,4,6,10,12-15H2,1H3,(H,24,30)(H,31,32). The molecule has 2 heterocycles. The molecule has 1 aliphatic carbocycles. The second kappa shape index (κ2) is 9.78. The molecule has 0 aliphatic heterocycles. The van der Waals surface area contributed by atoms with Gasteiger partial charge in [0.2, 0.25) is 5.91 Å². The quantitative estimate of drug-likeness (QED) is 0.467. The summed E-state index contributed by atoms with van der Waals surface area (Å²) < 4.78 is 1.94. The average Bonchev–Trinajstić information content (AvgIpc) is 3.13. The molecule has 0 spiro atoms. The van der Waals surface area contributed by atoms with Crippen molar-refractivity contribution in [1.82, 2.24) is 30.1 Å². The first kappa shape index (κ1) is 21.8. The predicted octanol–water partition coefficient (Wildman–Crippen LogP) is 2.32. The second-order valence-corrected chi connectivity index (χ2v) is 8.06. The van der Waals surface area contributed by atoms with Gasteiger partial charge >= 0.3 is 6.09 Å². The Morgan fingerprint density at radius 2 is 2.00 bits per heavy atom. The van der Waals surface area contributed by atoms with Crippen molar-refractivity contribution in [2.75, 3.05) is 20.1 Å². The molecule has 0 saturated heterocycles. The molecule has 168 valence electrons. The Labute approximate surface area is 186 Å². The van der Waals surface area contributed by atoms with E-state index >= 15 is 0 Å². The summed E-state index contributed by atoms with van der Waals surface area (Å²) in [6, 6.07) is 12.1.